The Morgan fingerprint density at radius 2 is 2.00 bits per heavy atom. The van der Waals surface area contributed by atoms with Gasteiger partial charge in [0, 0.05) is 31.9 Å². The van der Waals surface area contributed by atoms with Crippen LogP contribution in [0.15, 0.2) is 24.3 Å². The van der Waals surface area contributed by atoms with Crippen LogP contribution in [0.4, 0.5) is 5.69 Å². The molecule has 1 heterocycles. The number of benzene rings is 1. The second-order valence-corrected chi connectivity index (χ2v) is 5.32. The van der Waals surface area contributed by atoms with E-state index in [-0.39, 0.29) is 6.10 Å². The smallest absolute Gasteiger partial charge is 0.119 e. The molecule has 0 saturated carbocycles. The number of hydrogen-bond donors (Lipinski definition) is 2. The van der Waals surface area contributed by atoms with Crippen molar-refractivity contribution >= 4 is 5.69 Å². The lowest BCUT2D eigenvalue weighted by molar-refractivity contribution is 0.0171. The van der Waals surface area contributed by atoms with Gasteiger partial charge >= 0.3 is 0 Å². The topological polar surface area (TPSA) is 54.0 Å². The first kappa shape index (κ1) is 16.1. The molecule has 1 aliphatic rings. The summed E-state index contributed by atoms with van der Waals surface area (Å²) in [6.45, 7) is 7.40. The van der Waals surface area contributed by atoms with Gasteiger partial charge < -0.3 is 19.9 Å². The van der Waals surface area contributed by atoms with Gasteiger partial charge in [-0.1, -0.05) is 6.92 Å². The van der Waals surface area contributed by atoms with E-state index in [0.29, 0.717) is 13.1 Å². The molecule has 0 spiro atoms. The SMILES string of the molecule is CCCOc1ccc(NCC(O)CN2CCOCC2)cc1. The third-order valence-corrected chi connectivity index (χ3v) is 3.44. The summed E-state index contributed by atoms with van der Waals surface area (Å²) in [4.78, 5) is 2.23. The standard InChI is InChI=1S/C16H26N2O3/c1-2-9-21-16-5-3-14(4-6-16)17-12-15(19)13-18-7-10-20-11-8-18/h3-6,15,17,19H,2,7-13H2,1H3. The zero-order chi connectivity index (χ0) is 14.9. The molecule has 2 N–H and O–H groups in total. The Balaban J connectivity index is 1.69. The summed E-state index contributed by atoms with van der Waals surface area (Å²) in [6, 6.07) is 7.86. The summed E-state index contributed by atoms with van der Waals surface area (Å²) in [5.74, 6) is 0.885. The van der Waals surface area contributed by atoms with Gasteiger partial charge in [0.05, 0.1) is 25.9 Å². The van der Waals surface area contributed by atoms with Crippen LogP contribution < -0.4 is 10.1 Å². The lowest BCUT2D eigenvalue weighted by atomic mass is 10.2. The fourth-order valence-corrected chi connectivity index (χ4v) is 2.27. The zero-order valence-corrected chi connectivity index (χ0v) is 12.8. The van der Waals surface area contributed by atoms with Crippen molar-refractivity contribution in [1.29, 1.82) is 0 Å². The third kappa shape index (κ3) is 5.91. The van der Waals surface area contributed by atoms with E-state index in [4.69, 9.17) is 9.47 Å². The average molecular weight is 294 g/mol. The first-order chi connectivity index (χ1) is 10.3. The molecule has 0 bridgehead atoms. The number of hydrogen-bond acceptors (Lipinski definition) is 5. The minimum Gasteiger partial charge on any atom is -0.494 e. The van der Waals surface area contributed by atoms with Gasteiger partial charge in [-0.15, -0.1) is 0 Å². The fourth-order valence-electron chi connectivity index (χ4n) is 2.27. The van der Waals surface area contributed by atoms with Gasteiger partial charge in [0.15, 0.2) is 0 Å². The maximum atomic E-state index is 10.1. The molecule has 1 unspecified atom stereocenters. The van der Waals surface area contributed by atoms with Gasteiger partial charge in [-0.3, -0.25) is 4.90 Å². The second kappa shape index (κ2) is 8.87. The molecule has 1 saturated heterocycles. The van der Waals surface area contributed by atoms with Crippen LogP contribution in [-0.2, 0) is 4.74 Å². The van der Waals surface area contributed by atoms with E-state index in [1.165, 1.54) is 0 Å². The summed E-state index contributed by atoms with van der Waals surface area (Å²) < 4.78 is 10.8. The van der Waals surface area contributed by atoms with Crippen LogP contribution in [0.3, 0.4) is 0 Å². The van der Waals surface area contributed by atoms with Crippen LogP contribution in [0.1, 0.15) is 13.3 Å². The Labute approximate surface area is 126 Å². The Hall–Kier alpha value is -1.30. The Morgan fingerprint density at radius 1 is 1.29 bits per heavy atom. The molecule has 1 atom stereocenters. The van der Waals surface area contributed by atoms with E-state index in [1.54, 1.807) is 0 Å². The predicted molar refractivity (Wildman–Crippen MR) is 84.0 cm³/mol. The Kier molecular flexibility index (Phi) is 6.79. The van der Waals surface area contributed by atoms with E-state index in [1.807, 2.05) is 24.3 Å². The number of rotatable bonds is 8. The molecule has 5 nitrogen and oxygen atoms in total. The normalized spacial score (nSPS) is 17.4. The van der Waals surface area contributed by atoms with E-state index < -0.39 is 0 Å². The van der Waals surface area contributed by atoms with E-state index in [2.05, 4.69) is 17.1 Å². The maximum absolute atomic E-state index is 10.1. The highest BCUT2D eigenvalue weighted by Crippen LogP contribution is 2.15. The zero-order valence-electron chi connectivity index (χ0n) is 12.8. The summed E-state index contributed by atoms with van der Waals surface area (Å²) in [5, 5.41) is 13.3. The van der Waals surface area contributed by atoms with Crippen molar-refractivity contribution in [1.82, 2.24) is 4.90 Å². The maximum Gasteiger partial charge on any atom is 0.119 e. The summed E-state index contributed by atoms with van der Waals surface area (Å²) in [7, 11) is 0. The number of aliphatic hydroxyl groups excluding tert-OH is 1. The molecule has 0 aromatic heterocycles. The number of aliphatic hydroxyl groups is 1. The molecule has 5 heteroatoms. The highest BCUT2D eigenvalue weighted by atomic mass is 16.5. The van der Waals surface area contributed by atoms with E-state index in [9.17, 15) is 5.11 Å². The molecule has 0 aliphatic carbocycles. The summed E-state index contributed by atoms with van der Waals surface area (Å²) >= 11 is 0. The number of nitrogens with zero attached hydrogens (tertiary/aromatic N) is 1. The van der Waals surface area contributed by atoms with Gasteiger partial charge in [-0.25, -0.2) is 0 Å². The lowest BCUT2D eigenvalue weighted by Gasteiger charge is -2.28. The third-order valence-electron chi connectivity index (χ3n) is 3.44. The minimum atomic E-state index is -0.376. The fraction of sp³-hybridized carbons (Fsp3) is 0.625. The van der Waals surface area contributed by atoms with Crippen LogP contribution in [0.5, 0.6) is 5.75 Å². The quantitative estimate of drug-likeness (QED) is 0.762. The van der Waals surface area contributed by atoms with Gasteiger partial charge in [-0.05, 0) is 30.7 Å². The average Bonchev–Trinajstić information content (AvgIpc) is 2.53. The molecule has 0 radical (unpaired) electrons. The number of morpholine rings is 1. The monoisotopic (exact) mass is 294 g/mol. The van der Waals surface area contributed by atoms with Crippen molar-refractivity contribution in [2.75, 3.05) is 51.3 Å². The molecule has 118 valence electrons. The van der Waals surface area contributed by atoms with E-state index in [0.717, 1.165) is 50.8 Å². The van der Waals surface area contributed by atoms with Crippen LogP contribution in [0, 0.1) is 0 Å². The molecular weight excluding hydrogens is 268 g/mol. The largest absolute Gasteiger partial charge is 0.494 e. The van der Waals surface area contributed by atoms with Crippen LogP contribution >= 0.6 is 0 Å². The molecule has 0 amide bonds. The molecule has 1 fully saturated rings. The summed E-state index contributed by atoms with van der Waals surface area (Å²) in [5.41, 5.74) is 1.000. The van der Waals surface area contributed by atoms with Gasteiger partial charge in [0.1, 0.15) is 5.75 Å². The number of anilines is 1. The number of ether oxygens (including phenoxy) is 2. The van der Waals surface area contributed by atoms with Crippen molar-refractivity contribution in [3.05, 3.63) is 24.3 Å². The first-order valence-electron chi connectivity index (χ1n) is 7.73. The molecule has 21 heavy (non-hydrogen) atoms. The van der Waals surface area contributed by atoms with Crippen molar-refractivity contribution in [2.24, 2.45) is 0 Å². The van der Waals surface area contributed by atoms with Crippen LogP contribution in [-0.4, -0.2) is 62.1 Å². The van der Waals surface area contributed by atoms with Gasteiger partial charge in [0.25, 0.3) is 0 Å². The molecule has 1 aliphatic heterocycles. The molecule has 1 aromatic rings. The highest BCUT2D eigenvalue weighted by Gasteiger charge is 2.14. The van der Waals surface area contributed by atoms with Crippen molar-refractivity contribution in [2.45, 2.75) is 19.4 Å². The number of β-amino-alcohol motifs (C(OH)–C–C–N with tert-alkyl or cyclic N) is 1. The molecule has 1 aromatic carbocycles. The Morgan fingerprint density at radius 3 is 2.67 bits per heavy atom. The number of nitrogens with one attached hydrogen (secondary N) is 1. The predicted octanol–water partition coefficient (Wildman–Crippen LogP) is 1.58. The lowest BCUT2D eigenvalue weighted by Crippen LogP contribution is -2.42. The molecule has 2 rings (SSSR count). The van der Waals surface area contributed by atoms with Crippen molar-refractivity contribution < 1.29 is 14.6 Å². The minimum absolute atomic E-state index is 0.376. The highest BCUT2D eigenvalue weighted by molar-refractivity contribution is 5.46. The first-order valence-corrected chi connectivity index (χ1v) is 7.73. The Bertz CT molecular complexity index is 391. The second-order valence-electron chi connectivity index (χ2n) is 5.32. The summed E-state index contributed by atoms with van der Waals surface area (Å²) in [6.07, 6.45) is 0.632. The van der Waals surface area contributed by atoms with E-state index >= 15 is 0 Å². The van der Waals surface area contributed by atoms with Crippen molar-refractivity contribution in [3.8, 4) is 5.75 Å². The van der Waals surface area contributed by atoms with Gasteiger partial charge in [-0.2, -0.15) is 0 Å². The van der Waals surface area contributed by atoms with Crippen LogP contribution in [0.25, 0.3) is 0 Å². The van der Waals surface area contributed by atoms with Gasteiger partial charge in [0.2, 0.25) is 0 Å². The molecular formula is C16H26N2O3. The van der Waals surface area contributed by atoms with Crippen molar-refractivity contribution in [3.63, 3.8) is 0 Å². The van der Waals surface area contributed by atoms with Crippen LogP contribution in [0.2, 0.25) is 0 Å².